The van der Waals surface area contributed by atoms with E-state index in [0.29, 0.717) is 30.0 Å². The maximum atomic E-state index is 12.9. The fourth-order valence-electron chi connectivity index (χ4n) is 2.71. The Balaban J connectivity index is 1.37. The Hall–Kier alpha value is -3.62. The van der Waals surface area contributed by atoms with Crippen molar-refractivity contribution < 1.29 is 33.0 Å². The van der Waals surface area contributed by atoms with Crippen molar-refractivity contribution in [3.05, 3.63) is 59.4 Å². The van der Waals surface area contributed by atoms with Crippen molar-refractivity contribution >= 4 is 17.8 Å². The van der Waals surface area contributed by atoms with E-state index in [1.807, 2.05) is 0 Å². The third-order valence-corrected chi connectivity index (χ3v) is 4.33. The Bertz CT molecular complexity index is 932. The lowest BCUT2D eigenvalue weighted by molar-refractivity contribution is -0.153. The molecule has 1 heterocycles. The molecule has 0 fully saturated rings. The molecule has 2 N–H and O–H groups in total. The zero-order chi connectivity index (χ0) is 21.5. The molecule has 8 nitrogen and oxygen atoms in total. The van der Waals surface area contributed by atoms with E-state index in [0.717, 1.165) is 5.56 Å². The summed E-state index contributed by atoms with van der Waals surface area (Å²) in [5.74, 6) is -1.02. The molecule has 0 aromatic heterocycles. The van der Waals surface area contributed by atoms with Gasteiger partial charge in [0, 0.05) is 12.1 Å². The topological polar surface area (TPSA) is 103 Å². The number of carbonyl (C=O) groups is 3. The summed E-state index contributed by atoms with van der Waals surface area (Å²) < 4.78 is 28.3. The lowest BCUT2D eigenvalue weighted by atomic mass is 10.1. The van der Waals surface area contributed by atoms with E-state index in [-0.39, 0.29) is 19.2 Å². The number of halogens is 1. The summed E-state index contributed by atoms with van der Waals surface area (Å²) in [6.45, 7) is 1.45. The molecule has 1 aliphatic heterocycles. The van der Waals surface area contributed by atoms with Gasteiger partial charge < -0.3 is 24.8 Å². The first-order valence-corrected chi connectivity index (χ1v) is 9.32. The molecule has 30 heavy (non-hydrogen) atoms. The second kappa shape index (κ2) is 9.73. The number of ether oxygens (including phenoxy) is 3. The van der Waals surface area contributed by atoms with Gasteiger partial charge in [-0.25, -0.2) is 4.39 Å². The van der Waals surface area contributed by atoms with E-state index in [1.165, 1.54) is 25.1 Å². The smallest absolute Gasteiger partial charge is 0.326 e. The number of benzene rings is 2. The number of rotatable bonds is 8. The van der Waals surface area contributed by atoms with Crippen LogP contribution in [0.3, 0.4) is 0 Å². The summed E-state index contributed by atoms with van der Waals surface area (Å²) in [6.07, 6.45) is -0.508. The highest BCUT2D eigenvalue weighted by Crippen LogP contribution is 2.32. The van der Waals surface area contributed by atoms with Crippen LogP contribution in [0.4, 0.5) is 4.39 Å². The molecule has 2 aromatic rings. The highest BCUT2D eigenvalue weighted by molar-refractivity contribution is 5.96. The summed E-state index contributed by atoms with van der Waals surface area (Å²) in [5.41, 5.74) is 1.17. The van der Waals surface area contributed by atoms with Gasteiger partial charge in [-0.05, 0) is 49.2 Å². The van der Waals surface area contributed by atoms with Gasteiger partial charge in [0.15, 0.2) is 17.6 Å². The normalized spacial score (nSPS) is 12.7. The third kappa shape index (κ3) is 5.69. The molecule has 0 aliphatic carbocycles. The number of hydrogen-bond acceptors (Lipinski definition) is 6. The molecule has 3 rings (SSSR count). The minimum absolute atomic E-state index is 0.0938. The lowest BCUT2D eigenvalue weighted by Crippen LogP contribution is -2.39. The minimum atomic E-state index is -1.02. The van der Waals surface area contributed by atoms with Crippen LogP contribution in [0, 0.1) is 5.82 Å². The van der Waals surface area contributed by atoms with Crippen LogP contribution < -0.4 is 20.1 Å². The number of carbonyl (C=O) groups excluding carboxylic acids is 3. The molecule has 1 atom stereocenters. The summed E-state index contributed by atoms with van der Waals surface area (Å²) in [4.78, 5) is 36.1. The number of amides is 2. The zero-order valence-corrected chi connectivity index (χ0v) is 16.3. The summed E-state index contributed by atoms with van der Waals surface area (Å²) in [6, 6.07) is 10.6. The van der Waals surface area contributed by atoms with Gasteiger partial charge in [0.05, 0.1) is 0 Å². The SMILES string of the molecule is C[C@@H](OC(=O)CNC(=O)c1ccc2c(c1)OCO2)C(=O)NCCc1ccc(F)cc1. The molecule has 0 spiro atoms. The Morgan fingerprint density at radius 2 is 1.80 bits per heavy atom. The number of esters is 1. The molecule has 2 amide bonds. The molecule has 158 valence electrons. The van der Waals surface area contributed by atoms with Crippen LogP contribution >= 0.6 is 0 Å². The van der Waals surface area contributed by atoms with Crippen LogP contribution in [0.1, 0.15) is 22.8 Å². The van der Waals surface area contributed by atoms with Crippen LogP contribution in [0.5, 0.6) is 11.5 Å². The van der Waals surface area contributed by atoms with Crippen molar-refractivity contribution in [2.75, 3.05) is 19.9 Å². The average molecular weight is 416 g/mol. The van der Waals surface area contributed by atoms with Gasteiger partial charge >= 0.3 is 5.97 Å². The lowest BCUT2D eigenvalue weighted by Gasteiger charge is -2.14. The van der Waals surface area contributed by atoms with Gasteiger partial charge in [-0.3, -0.25) is 14.4 Å². The molecule has 0 radical (unpaired) electrons. The van der Waals surface area contributed by atoms with E-state index >= 15 is 0 Å². The van der Waals surface area contributed by atoms with Crippen molar-refractivity contribution in [3.63, 3.8) is 0 Å². The maximum Gasteiger partial charge on any atom is 0.326 e. The van der Waals surface area contributed by atoms with Crippen LogP contribution in [-0.2, 0) is 20.7 Å². The van der Waals surface area contributed by atoms with Crippen molar-refractivity contribution in [2.24, 2.45) is 0 Å². The minimum Gasteiger partial charge on any atom is -0.454 e. The van der Waals surface area contributed by atoms with Crippen molar-refractivity contribution in [1.82, 2.24) is 10.6 Å². The molecule has 0 bridgehead atoms. The first kappa shape index (κ1) is 21.1. The van der Waals surface area contributed by atoms with Crippen LogP contribution in [0.25, 0.3) is 0 Å². The first-order valence-electron chi connectivity index (χ1n) is 9.32. The van der Waals surface area contributed by atoms with Gasteiger partial charge in [-0.1, -0.05) is 12.1 Å². The second-order valence-corrected chi connectivity index (χ2v) is 6.55. The van der Waals surface area contributed by atoms with E-state index < -0.39 is 23.9 Å². The number of fused-ring (bicyclic) bond motifs is 1. The fraction of sp³-hybridized carbons (Fsp3) is 0.286. The Kier molecular flexibility index (Phi) is 6.84. The monoisotopic (exact) mass is 416 g/mol. The first-order chi connectivity index (χ1) is 14.4. The van der Waals surface area contributed by atoms with Crippen molar-refractivity contribution in [1.29, 1.82) is 0 Å². The highest BCUT2D eigenvalue weighted by atomic mass is 19.1. The predicted octanol–water partition coefficient (Wildman–Crippen LogP) is 1.57. The van der Waals surface area contributed by atoms with Crippen LogP contribution in [0.2, 0.25) is 0 Å². The van der Waals surface area contributed by atoms with Crippen LogP contribution in [0.15, 0.2) is 42.5 Å². The van der Waals surface area contributed by atoms with Gasteiger partial charge in [-0.2, -0.15) is 0 Å². The Labute approximate surface area is 172 Å². The third-order valence-electron chi connectivity index (χ3n) is 4.33. The maximum absolute atomic E-state index is 12.9. The van der Waals surface area contributed by atoms with E-state index in [2.05, 4.69) is 10.6 Å². The van der Waals surface area contributed by atoms with E-state index in [1.54, 1.807) is 24.3 Å². The van der Waals surface area contributed by atoms with Crippen LogP contribution in [-0.4, -0.2) is 43.8 Å². The van der Waals surface area contributed by atoms with Gasteiger partial charge in [-0.15, -0.1) is 0 Å². The summed E-state index contributed by atoms with van der Waals surface area (Å²) in [7, 11) is 0. The van der Waals surface area contributed by atoms with E-state index in [9.17, 15) is 18.8 Å². The highest BCUT2D eigenvalue weighted by Gasteiger charge is 2.19. The van der Waals surface area contributed by atoms with Gasteiger partial charge in [0.25, 0.3) is 11.8 Å². The van der Waals surface area contributed by atoms with Crippen molar-refractivity contribution in [2.45, 2.75) is 19.4 Å². The number of nitrogens with one attached hydrogen (secondary N) is 2. The number of hydrogen-bond donors (Lipinski definition) is 2. The quantitative estimate of drug-likeness (QED) is 0.634. The van der Waals surface area contributed by atoms with Crippen molar-refractivity contribution in [3.8, 4) is 11.5 Å². The largest absolute Gasteiger partial charge is 0.454 e. The Morgan fingerprint density at radius 1 is 1.07 bits per heavy atom. The average Bonchev–Trinajstić information content (AvgIpc) is 3.21. The molecule has 1 aliphatic rings. The van der Waals surface area contributed by atoms with Gasteiger partial charge in [0.1, 0.15) is 12.4 Å². The molecule has 9 heteroatoms. The zero-order valence-electron chi connectivity index (χ0n) is 16.3. The molecular weight excluding hydrogens is 395 g/mol. The summed E-state index contributed by atoms with van der Waals surface area (Å²) in [5, 5.41) is 5.07. The Morgan fingerprint density at radius 3 is 2.57 bits per heavy atom. The molecule has 0 saturated carbocycles. The standard InChI is InChI=1S/C21H21FN2O6/c1-13(20(26)23-9-8-14-2-5-16(22)6-3-14)30-19(25)11-24-21(27)15-4-7-17-18(10-15)29-12-28-17/h2-7,10,13H,8-9,11-12H2,1H3,(H,23,26)(H,24,27)/t13-/m1/s1. The predicted molar refractivity (Wildman–Crippen MR) is 104 cm³/mol. The molecular formula is C21H21FN2O6. The molecule has 0 saturated heterocycles. The van der Waals surface area contributed by atoms with Gasteiger partial charge in [0.2, 0.25) is 6.79 Å². The van der Waals surface area contributed by atoms with E-state index in [4.69, 9.17) is 14.2 Å². The second-order valence-electron chi connectivity index (χ2n) is 6.55. The molecule has 0 unspecified atom stereocenters. The molecule has 2 aromatic carbocycles. The fourth-order valence-corrected chi connectivity index (χ4v) is 2.71. The summed E-state index contributed by atoms with van der Waals surface area (Å²) >= 11 is 0.